The number of rotatable bonds is 7. The van der Waals surface area contributed by atoms with Crippen molar-refractivity contribution in [1.29, 1.82) is 0 Å². The van der Waals surface area contributed by atoms with E-state index in [2.05, 4.69) is 240 Å². The van der Waals surface area contributed by atoms with Crippen LogP contribution in [-0.4, -0.2) is 9.13 Å². The van der Waals surface area contributed by atoms with Crippen molar-refractivity contribution < 1.29 is 0 Å². The molecule has 0 atom stereocenters. The molecule has 0 aliphatic carbocycles. The minimum absolute atomic E-state index is 1.16. The molecule has 270 valence electrons. The first kappa shape index (κ1) is 33.3. The van der Waals surface area contributed by atoms with E-state index in [1.54, 1.807) is 0 Å². The molecule has 2 nitrogen and oxygen atoms in total. The maximum Gasteiger partial charge on any atom is 0.0542 e. The van der Waals surface area contributed by atoms with E-state index in [1.807, 2.05) is 0 Å². The molecule has 0 fully saturated rings. The van der Waals surface area contributed by atoms with Crippen molar-refractivity contribution in [3.8, 4) is 22.5 Å². The van der Waals surface area contributed by atoms with Crippen molar-refractivity contribution in [2.75, 3.05) is 0 Å². The van der Waals surface area contributed by atoms with E-state index in [9.17, 15) is 0 Å². The summed E-state index contributed by atoms with van der Waals surface area (Å²) < 4.78 is 4.88. The van der Waals surface area contributed by atoms with Crippen molar-refractivity contribution in [3.63, 3.8) is 0 Å². The lowest BCUT2D eigenvalue weighted by atomic mass is 10.0. The fourth-order valence-corrected chi connectivity index (χ4v) is 12.9. The Bertz CT molecular complexity index is 3080. The average Bonchev–Trinajstić information content (AvgIpc) is 3.80. The van der Waals surface area contributed by atoms with E-state index in [4.69, 9.17) is 0 Å². The van der Waals surface area contributed by atoms with Crippen LogP contribution in [-0.2, 0) is 0 Å². The van der Waals surface area contributed by atoms with Crippen LogP contribution in [0.5, 0.6) is 0 Å². The first-order valence-electron chi connectivity index (χ1n) is 19.5. The predicted octanol–water partition coefficient (Wildman–Crippen LogP) is 14.9. The smallest absolute Gasteiger partial charge is 0.0542 e. The van der Waals surface area contributed by atoms with Gasteiger partial charge in [0.2, 0.25) is 0 Å². The van der Waals surface area contributed by atoms with Crippen LogP contribution in [0.15, 0.2) is 250 Å². The Labute approximate surface area is 333 Å². The van der Waals surface area contributed by atoms with Gasteiger partial charge in [-0.05, 0) is 96.6 Å². The van der Waals surface area contributed by atoms with E-state index in [1.165, 1.54) is 74.3 Å². The minimum Gasteiger partial charge on any atom is -0.309 e. The van der Waals surface area contributed by atoms with Crippen LogP contribution in [0.3, 0.4) is 0 Å². The molecule has 11 aromatic rings. The Balaban J connectivity index is 1.13. The lowest BCUT2D eigenvalue weighted by Gasteiger charge is -2.42. The molecule has 0 radical (unpaired) electrons. The third-order valence-electron chi connectivity index (χ3n) is 11.4. The van der Waals surface area contributed by atoms with Crippen LogP contribution >= 0.6 is 10.0 Å². The molecule has 0 spiro atoms. The Kier molecular flexibility index (Phi) is 7.94. The fourth-order valence-electron chi connectivity index (χ4n) is 9.02. The van der Waals surface area contributed by atoms with E-state index in [0.29, 0.717) is 0 Å². The summed E-state index contributed by atoms with van der Waals surface area (Å²) in [7, 11) is -1.84. The third-order valence-corrected chi connectivity index (χ3v) is 15.3. The van der Waals surface area contributed by atoms with Gasteiger partial charge in [0.05, 0.1) is 27.8 Å². The van der Waals surface area contributed by atoms with Crippen LogP contribution < -0.4 is 0 Å². The maximum absolute atomic E-state index is 2.47. The van der Waals surface area contributed by atoms with E-state index in [-0.39, 0.29) is 0 Å². The molecule has 0 N–H and O–H groups in total. The quantitative estimate of drug-likeness (QED) is 0.154. The average molecular weight is 747 g/mol. The van der Waals surface area contributed by atoms with Crippen molar-refractivity contribution in [2.45, 2.75) is 19.6 Å². The zero-order chi connectivity index (χ0) is 37.8. The van der Waals surface area contributed by atoms with Crippen molar-refractivity contribution >= 4 is 53.6 Å². The second-order valence-corrected chi connectivity index (χ2v) is 17.6. The molecular formula is C54H38N2S. The number of hydrogen-bond donors (Lipinski definition) is 0. The Morgan fingerprint density at radius 2 is 0.719 bits per heavy atom. The molecule has 0 aliphatic rings. The van der Waals surface area contributed by atoms with Crippen LogP contribution in [0, 0.1) is 0 Å². The van der Waals surface area contributed by atoms with E-state index in [0.717, 1.165) is 11.4 Å². The molecule has 11 rings (SSSR count). The SMILES string of the molecule is c1ccc(S(c2ccccc2)(c2ccccc2)c2cccc(-c3ccccc3-n3c4ccccc4c4cc(-n5c6ccccc6c6ccccc65)ccc43)c2)cc1. The topological polar surface area (TPSA) is 9.86 Å². The van der Waals surface area contributed by atoms with Gasteiger partial charge >= 0.3 is 0 Å². The molecular weight excluding hydrogens is 709 g/mol. The number of benzene rings is 9. The summed E-state index contributed by atoms with van der Waals surface area (Å²) in [6.07, 6.45) is 0. The summed E-state index contributed by atoms with van der Waals surface area (Å²) in [6, 6.07) is 84.8. The zero-order valence-corrected chi connectivity index (χ0v) is 32.1. The predicted molar refractivity (Wildman–Crippen MR) is 241 cm³/mol. The highest BCUT2D eigenvalue weighted by Gasteiger charge is 2.33. The van der Waals surface area contributed by atoms with Gasteiger partial charge in [-0.3, -0.25) is 0 Å². The van der Waals surface area contributed by atoms with Gasteiger partial charge in [0.25, 0.3) is 0 Å². The molecule has 0 aliphatic heterocycles. The number of para-hydroxylation sites is 4. The molecule has 2 aromatic heterocycles. The molecule has 0 saturated heterocycles. The van der Waals surface area contributed by atoms with Gasteiger partial charge < -0.3 is 9.13 Å². The normalized spacial score (nSPS) is 12.1. The summed E-state index contributed by atoms with van der Waals surface area (Å²) in [5.74, 6) is 0. The lowest BCUT2D eigenvalue weighted by Crippen LogP contribution is -2.05. The summed E-state index contributed by atoms with van der Waals surface area (Å²) in [5.41, 5.74) is 9.50. The summed E-state index contributed by atoms with van der Waals surface area (Å²) in [6.45, 7) is 0. The highest BCUT2D eigenvalue weighted by molar-refractivity contribution is 8.34. The van der Waals surface area contributed by atoms with Gasteiger partial charge in [0, 0.05) is 52.4 Å². The Hall–Kier alpha value is -7.07. The van der Waals surface area contributed by atoms with E-state index < -0.39 is 10.0 Å². The van der Waals surface area contributed by atoms with Gasteiger partial charge in [-0.2, -0.15) is 0 Å². The molecule has 0 saturated carbocycles. The summed E-state index contributed by atoms with van der Waals surface area (Å²) >= 11 is 0. The zero-order valence-electron chi connectivity index (χ0n) is 31.2. The van der Waals surface area contributed by atoms with Crippen molar-refractivity contribution in [2.24, 2.45) is 0 Å². The molecule has 0 bridgehead atoms. The summed E-state index contributed by atoms with van der Waals surface area (Å²) in [5, 5.41) is 5.00. The molecule has 0 amide bonds. The van der Waals surface area contributed by atoms with Gasteiger partial charge in [0.15, 0.2) is 0 Å². The number of fused-ring (bicyclic) bond motifs is 6. The third kappa shape index (κ3) is 5.20. The fraction of sp³-hybridized carbons (Fsp3) is 0. The molecule has 3 heteroatoms. The van der Waals surface area contributed by atoms with Gasteiger partial charge in [0.1, 0.15) is 0 Å². The molecule has 57 heavy (non-hydrogen) atoms. The van der Waals surface area contributed by atoms with Crippen LogP contribution in [0.2, 0.25) is 0 Å². The van der Waals surface area contributed by atoms with Gasteiger partial charge in [-0.15, -0.1) is 10.0 Å². The first-order valence-corrected chi connectivity index (χ1v) is 21.1. The number of hydrogen-bond acceptors (Lipinski definition) is 0. The standard InChI is InChI=1S/C54H38N2S/c1-4-20-41(21-5-1)57(42-22-6-2-7-23-42,43-24-8-3-9-25-43)44-26-18-19-39(37-44)45-27-10-14-31-50(45)56-53-34-17-13-30-48(53)49-38-40(35-36-54(49)56)55-51-32-15-11-28-46(51)47-29-12-16-33-52(47)55/h1-38H. The van der Waals surface area contributed by atoms with Crippen molar-refractivity contribution in [3.05, 3.63) is 231 Å². The highest BCUT2D eigenvalue weighted by atomic mass is 32.3. The van der Waals surface area contributed by atoms with E-state index >= 15 is 0 Å². The molecule has 0 unspecified atom stereocenters. The first-order chi connectivity index (χ1) is 28.3. The second-order valence-electron chi connectivity index (χ2n) is 14.5. The van der Waals surface area contributed by atoms with Gasteiger partial charge in [-0.1, -0.05) is 140 Å². The molecule has 9 aromatic carbocycles. The lowest BCUT2D eigenvalue weighted by molar-refractivity contribution is 1.16. The number of aromatic nitrogens is 2. The monoisotopic (exact) mass is 746 g/mol. The van der Waals surface area contributed by atoms with Crippen LogP contribution in [0.25, 0.3) is 66.1 Å². The Morgan fingerprint density at radius 1 is 0.281 bits per heavy atom. The highest BCUT2D eigenvalue weighted by Crippen LogP contribution is 2.73. The maximum atomic E-state index is 2.47. The Morgan fingerprint density at radius 3 is 1.30 bits per heavy atom. The second kappa shape index (κ2) is 13.6. The largest absolute Gasteiger partial charge is 0.309 e. The molecule has 2 heterocycles. The van der Waals surface area contributed by atoms with Gasteiger partial charge in [-0.25, -0.2) is 0 Å². The summed E-state index contributed by atoms with van der Waals surface area (Å²) in [4.78, 5) is 5.24. The number of nitrogens with zero attached hydrogens (tertiary/aromatic N) is 2. The minimum atomic E-state index is -1.84. The van der Waals surface area contributed by atoms with Crippen molar-refractivity contribution in [1.82, 2.24) is 9.13 Å². The van der Waals surface area contributed by atoms with Crippen LogP contribution in [0.1, 0.15) is 0 Å². The van der Waals surface area contributed by atoms with Crippen LogP contribution in [0.4, 0.5) is 0 Å².